The Balaban J connectivity index is 1.20. The average molecular weight is 679 g/mol. The SMILES string of the molecule is CC(=O)OC1CC2C3=CCC4CC(OC5OC(CO)C(O)C(O)C5O)CCC4(C)C3=CCC2(C)C1C(C)CC(O)C1(C(C)(C)O)OC1C. The maximum absolute atomic E-state index is 12.4. The molecule has 4 aliphatic carbocycles. The normalized spacial score (nSPS) is 48.3. The molecular weight excluding hydrogens is 620 g/mol. The summed E-state index contributed by atoms with van der Waals surface area (Å²) in [6.45, 7) is 13.0. The molecule has 6 rings (SSSR count). The van der Waals surface area contributed by atoms with Gasteiger partial charge in [0, 0.05) is 12.8 Å². The zero-order valence-electron chi connectivity index (χ0n) is 29.5. The fraction of sp³-hybridized carbons (Fsp3) is 0.865. The summed E-state index contributed by atoms with van der Waals surface area (Å²) in [6.07, 6.45) is 1.84. The van der Waals surface area contributed by atoms with Crippen molar-refractivity contribution < 1.29 is 54.4 Å². The maximum atomic E-state index is 12.4. The number of hydrogen-bond donors (Lipinski definition) is 6. The highest BCUT2D eigenvalue weighted by molar-refractivity contribution is 5.66. The number of carbonyl (C=O) groups is 1. The number of rotatable bonds is 9. The Morgan fingerprint density at radius 1 is 1.12 bits per heavy atom. The van der Waals surface area contributed by atoms with Crippen LogP contribution >= 0.6 is 0 Å². The van der Waals surface area contributed by atoms with Crippen LogP contribution in [0.5, 0.6) is 0 Å². The summed E-state index contributed by atoms with van der Waals surface area (Å²) in [7, 11) is 0. The highest BCUT2D eigenvalue weighted by Crippen LogP contribution is 2.66. The highest BCUT2D eigenvalue weighted by atomic mass is 16.7. The number of ether oxygens (including phenoxy) is 4. The topological polar surface area (TPSA) is 179 Å². The molecule has 0 aromatic carbocycles. The first-order chi connectivity index (χ1) is 22.4. The van der Waals surface area contributed by atoms with Gasteiger partial charge in [0.1, 0.15) is 36.1 Å². The Kier molecular flexibility index (Phi) is 9.60. The predicted molar refractivity (Wildman–Crippen MR) is 174 cm³/mol. The number of aliphatic hydroxyl groups excluding tert-OH is 5. The fourth-order valence-electron chi connectivity index (χ4n) is 11.0. The molecule has 0 spiro atoms. The average Bonchev–Trinajstić information content (AvgIpc) is 3.62. The van der Waals surface area contributed by atoms with Crippen LogP contribution in [0.4, 0.5) is 0 Å². The number of aliphatic hydroxyl groups is 6. The molecule has 0 bridgehead atoms. The zero-order chi connectivity index (χ0) is 35.1. The van der Waals surface area contributed by atoms with Crippen LogP contribution in [0.15, 0.2) is 23.3 Å². The van der Waals surface area contributed by atoms with Crippen LogP contribution in [0.2, 0.25) is 0 Å². The first kappa shape index (κ1) is 36.4. The summed E-state index contributed by atoms with van der Waals surface area (Å²) in [4.78, 5) is 12.4. The van der Waals surface area contributed by atoms with Crippen molar-refractivity contribution in [3.05, 3.63) is 23.3 Å². The molecule has 272 valence electrons. The van der Waals surface area contributed by atoms with E-state index in [4.69, 9.17) is 18.9 Å². The van der Waals surface area contributed by atoms with Crippen LogP contribution in [-0.4, -0.2) is 110 Å². The van der Waals surface area contributed by atoms with Gasteiger partial charge in [-0.1, -0.05) is 32.9 Å². The van der Waals surface area contributed by atoms with Gasteiger partial charge in [-0.15, -0.1) is 0 Å². The molecule has 6 aliphatic rings. The van der Waals surface area contributed by atoms with Crippen molar-refractivity contribution in [3.63, 3.8) is 0 Å². The van der Waals surface area contributed by atoms with Crippen LogP contribution in [0.25, 0.3) is 0 Å². The summed E-state index contributed by atoms with van der Waals surface area (Å²) in [5, 5.41) is 63.0. The third kappa shape index (κ3) is 5.73. The van der Waals surface area contributed by atoms with Crippen LogP contribution in [-0.2, 0) is 23.7 Å². The van der Waals surface area contributed by atoms with E-state index < -0.39 is 54.6 Å². The molecule has 0 aromatic heterocycles. The second-order valence-corrected chi connectivity index (χ2v) is 16.9. The van der Waals surface area contributed by atoms with Crippen LogP contribution in [0.3, 0.4) is 0 Å². The summed E-state index contributed by atoms with van der Waals surface area (Å²) in [5.74, 6) is 0.164. The van der Waals surface area contributed by atoms with E-state index in [-0.39, 0.29) is 58.8 Å². The van der Waals surface area contributed by atoms with Crippen LogP contribution in [0.1, 0.15) is 93.4 Å². The van der Waals surface area contributed by atoms with Gasteiger partial charge in [-0.25, -0.2) is 0 Å². The Bertz CT molecular complexity index is 1290. The molecule has 0 radical (unpaired) electrons. The lowest BCUT2D eigenvalue weighted by molar-refractivity contribution is -0.314. The third-order valence-electron chi connectivity index (χ3n) is 13.6. The quantitative estimate of drug-likeness (QED) is 0.156. The minimum absolute atomic E-state index is 0.000800. The van der Waals surface area contributed by atoms with E-state index >= 15 is 0 Å². The molecule has 16 unspecified atom stereocenters. The van der Waals surface area contributed by atoms with Crippen molar-refractivity contribution >= 4 is 5.97 Å². The van der Waals surface area contributed by atoms with Crippen molar-refractivity contribution in [1.29, 1.82) is 0 Å². The summed E-state index contributed by atoms with van der Waals surface area (Å²) < 4.78 is 23.8. The van der Waals surface area contributed by atoms with E-state index in [0.717, 1.165) is 38.5 Å². The monoisotopic (exact) mass is 678 g/mol. The van der Waals surface area contributed by atoms with Gasteiger partial charge in [0.2, 0.25) is 0 Å². The van der Waals surface area contributed by atoms with E-state index in [1.807, 2.05) is 6.92 Å². The van der Waals surface area contributed by atoms with E-state index in [9.17, 15) is 35.4 Å². The van der Waals surface area contributed by atoms with Gasteiger partial charge in [-0.3, -0.25) is 4.79 Å². The van der Waals surface area contributed by atoms with Gasteiger partial charge in [0.15, 0.2) is 6.29 Å². The second-order valence-electron chi connectivity index (χ2n) is 16.9. The van der Waals surface area contributed by atoms with Crippen molar-refractivity contribution in [2.75, 3.05) is 6.61 Å². The second kappa shape index (κ2) is 12.7. The maximum Gasteiger partial charge on any atom is 0.302 e. The Labute approximate surface area is 284 Å². The van der Waals surface area contributed by atoms with Crippen molar-refractivity contribution in [2.45, 2.75) is 160 Å². The Morgan fingerprint density at radius 3 is 2.42 bits per heavy atom. The van der Waals surface area contributed by atoms with Gasteiger partial charge in [-0.05, 0) is 105 Å². The lowest BCUT2D eigenvalue weighted by atomic mass is 9.51. The number of carbonyl (C=O) groups excluding carboxylic acids is 1. The van der Waals surface area contributed by atoms with Crippen molar-refractivity contribution in [3.8, 4) is 0 Å². The molecule has 11 nitrogen and oxygen atoms in total. The number of fused-ring (bicyclic) bond motifs is 5. The Hall–Kier alpha value is -1.41. The van der Waals surface area contributed by atoms with Gasteiger partial charge in [0.25, 0.3) is 0 Å². The molecule has 4 fully saturated rings. The van der Waals surface area contributed by atoms with Gasteiger partial charge in [0.05, 0.1) is 30.5 Å². The van der Waals surface area contributed by atoms with Gasteiger partial charge >= 0.3 is 5.97 Å². The first-order valence-corrected chi connectivity index (χ1v) is 18.0. The van der Waals surface area contributed by atoms with Gasteiger partial charge < -0.3 is 49.6 Å². The van der Waals surface area contributed by atoms with E-state index in [0.29, 0.717) is 6.42 Å². The molecule has 2 heterocycles. The number of esters is 1. The molecule has 16 atom stereocenters. The van der Waals surface area contributed by atoms with E-state index in [1.54, 1.807) is 13.8 Å². The number of epoxide rings is 1. The van der Waals surface area contributed by atoms with Crippen LogP contribution in [0, 0.1) is 34.5 Å². The zero-order valence-corrected chi connectivity index (χ0v) is 29.5. The fourth-order valence-corrected chi connectivity index (χ4v) is 11.0. The van der Waals surface area contributed by atoms with Crippen molar-refractivity contribution in [2.24, 2.45) is 34.5 Å². The lowest BCUT2D eigenvalue weighted by Gasteiger charge is -2.54. The minimum Gasteiger partial charge on any atom is -0.462 e. The van der Waals surface area contributed by atoms with E-state index in [1.165, 1.54) is 18.1 Å². The summed E-state index contributed by atoms with van der Waals surface area (Å²) in [6, 6.07) is 0. The highest BCUT2D eigenvalue weighted by Gasteiger charge is 2.68. The Morgan fingerprint density at radius 2 is 1.81 bits per heavy atom. The summed E-state index contributed by atoms with van der Waals surface area (Å²) in [5.41, 5.74) is 0.203. The summed E-state index contributed by atoms with van der Waals surface area (Å²) >= 11 is 0. The van der Waals surface area contributed by atoms with Crippen molar-refractivity contribution in [1.82, 2.24) is 0 Å². The standard InChI is InChI=1S/C37H58O11/c1-18(14-28(40)37(19(2)48-37)34(4,5)44)29-26(45-20(3)39)16-25-23-9-8-21-15-22(10-12-35(21,6)24(23)11-13-36(25,29)7)46-33-32(43)31(42)30(41)27(17-38)47-33/h9,11,18-19,21-22,25-33,38,40-44H,8,10,12-17H2,1-7H3. The minimum atomic E-state index is -1.47. The molecular formula is C37H58O11. The first-order valence-electron chi connectivity index (χ1n) is 18.0. The smallest absolute Gasteiger partial charge is 0.302 e. The van der Waals surface area contributed by atoms with Crippen LogP contribution < -0.4 is 0 Å². The third-order valence-corrected chi connectivity index (χ3v) is 13.6. The number of hydrogen-bond acceptors (Lipinski definition) is 11. The molecule has 2 saturated carbocycles. The molecule has 2 saturated heterocycles. The molecule has 11 heteroatoms. The molecule has 2 aliphatic heterocycles. The lowest BCUT2D eigenvalue weighted by Crippen LogP contribution is -2.60. The molecule has 6 N–H and O–H groups in total. The molecule has 0 aromatic rings. The predicted octanol–water partition coefficient (Wildman–Crippen LogP) is 2.53. The largest absolute Gasteiger partial charge is 0.462 e. The van der Waals surface area contributed by atoms with E-state index in [2.05, 4.69) is 32.9 Å². The number of allylic oxidation sites excluding steroid dienone is 4. The molecule has 48 heavy (non-hydrogen) atoms. The molecule has 0 amide bonds. The van der Waals surface area contributed by atoms with Gasteiger partial charge in [-0.2, -0.15) is 0 Å².